The van der Waals surface area contributed by atoms with Crippen LogP contribution >= 0.6 is 24.0 Å². The number of likely N-dealkylation sites (tertiary alicyclic amines) is 1. The molecule has 0 amide bonds. The quantitative estimate of drug-likeness (QED) is 0.355. The van der Waals surface area contributed by atoms with Crippen LogP contribution in [0, 0.1) is 5.82 Å². The summed E-state index contributed by atoms with van der Waals surface area (Å²) in [5.41, 5.74) is 0. The van der Waals surface area contributed by atoms with Gasteiger partial charge in [0, 0.05) is 44.5 Å². The van der Waals surface area contributed by atoms with Gasteiger partial charge in [0.25, 0.3) is 0 Å². The van der Waals surface area contributed by atoms with Crippen LogP contribution in [0.25, 0.3) is 0 Å². The maximum atomic E-state index is 14.0. The van der Waals surface area contributed by atoms with E-state index in [1.165, 1.54) is 31.9 Å². The second-order valence-corrected chi connectivity index (χ2v) is 7.53. The predicted octanol–water partition coefficient (Wildman–Crippen LogP) is 2.85. The number of hydrogen-bond donors (Lipinski definition) is 2. The molecule has 2 N–H and O–H groups in total. The van der Waals surface area contributed by atoms with Crippen LogP contribution in [0.1, 0.15) is 39.5 Å². The van der Waals surface area contributed by atoms with Crippen molar-refractivity contribution in [2.45, 2.75) is 51.6 Å². The lowest BCUT2D eigenvalue weighted by molar-refractivity contribution is 0.166. The van der Waals surface area contributed by atoms with Gasteiger partial charge in [-0.3, -0.25) is 9.89 Å². The maximum Gasteiger partial charge on any atom is 0.191 e. The van der Waals surface area contributed by atoms with Gasteiger partial charge in [-0.2, -0.15) is 0 Å². The van der Waals surface area contributed by atoms with Crippen molar-refractivity contribution in [3.63, 3.8) is 0 Å². The van der Waals surface area contributed by atoms with Gasteiger partial charge in [-0.25, -0.2) is 9.37 Å². The second kappa shape index (κ2) is 11.7. The molecule has 8 heteroatoms. The lowest BCUT2D eigenvalue weighted by atomic mass is 10.0. The molecule has 2 aliphatic rings. The molecule has 2 fully saturated rings. The molecular formula is C20H34FIN6. The predicted molar refractivity (Wildman–Crippen MR) is 124 cm³/mol. The zero-order chi connectivity index (χ0) is 19.1. The Labute approximate surface area is 185 Å². The smallest absolute Gasteiger partial charge is 0.191 e. The van der Waals surface area contributed by atoms with E-state index in [-0.39, 0.29) is 35.8 Å². The molecule has 6 nitrogen and oxygen atoms in total. The van der Waals surface area contributed by atoms with Crippen LogP contribution in [0.2, 0.25) is 0 Å². The van der Waals surface area contributed by atoms with Crippen LogP contribution in [-0.4, -0.2) is 67.2 Å². The zero-order valence-electron chi connectivity index (χ0n) is 17.0. The average molecular weight is 504 g/mol. The molecule has 2 saturated heterocycles. The van der Waals surface area contributed by atoms with E-state index in [0.717, 1.165) is 45.1 Å². The Kier molecular flexibility index (Phi) is 9.70. The third-order valence-electron chi connectivity index (χ3n) is 5.51. The van der Waals surface area contributed by atoms with Crippen molar-refractivity contribution in [1.29, 1.82) is 0 Å². The van der Waals surface area contributed by atoms with Crippen molar-refractivity contribution >= 4 is 35.8 Å². The van der Waals surface area contributed by atoms with Crippen molar-refractivity contribution in [3.8, 4) is 0 Å². The molecule has 0 aliphatic carbocycles. The summed E-state index contributed by atoms with van der Waals surface area (Å²) in [6.07, 6.45) is 6.54. The van der Waals surface area contributed by atoms with Gasteiger partial charge in [0.15, 0.2) is 17.6 Å². The van der Waals surface area contributed by atoms with Gasteiger partial charge in [0.2, 0.25) is 0 Å². The van der Waals surface area contributed by atoms with Crippen LogP contribution in [0.15, 0.2) is 23.3 Å². The fourth-order valence-corrected chi connectivity index (χ4v) is 3.97. The fourth-order valence-electron chi connectivity index (χ4n) is 3.97. The average Bonchev–Trinajstić information content (AvgIpc) is 3.12. The molecular weight excluding hydrogens is 470 g/mol. The first-order valence-electron chi connectivity index (χ1n) is 10.3. The summed E-state index contributed by atoms with van der Waals surface area (Å²) < 4.78 is 14.0. The number of hydrogen-bond acceptors (Lipinski definition) is 4. The van der Waals surface area contributed by atoms with E-state index in [9.17, 15) is 4.39 Å². The normalized spacial score (nSPS) is 23.4. The van der Waals surface area contributed by atoms with E-state index < -0.39 is 0 Å². The summed E-state index contributed by atoms with van der Waals surface area (Å²) in [7, 11) is 0. The molecule has 0 aromatic carbocycles. The highest BCUT2D eigenvalue weighted by Crippen LogP contribution is 2.20. The maximum absolute atomic E-state index is 14.0. The number of guanidine groups is 1. The van der Waals surface area contributed by atoms with E-state index in [2.05, 4.69) is 34.4 Å². The number of pyridine rings is 1. The molecule has 0 radical (unpaired) electrons. The minimum absolute atomic E-state index is 0. The molecule has 28 heavy (non-hydrogen) atoms. The third-order valence-corrected chi connectivity index (χ3v) is 5.51. The number of aliphatic imine (C=N–C) groups is 1. The van der Waals surface area contributed by atoms with Gasteiger partial charge < -0.3 is 15.5 Å². The monoisotopic (exact) mass is 504 g/mol. The van der Waals surface area contributed by atoms with E-state index in [1.807, 2.05) is 4.90 Å². The molecule has 0 saturated carbocycles. The highest BCUT2D eigenvalue weighted by atomic mass is 127. The van der Waals surface area contributed by atoms with E-state index >= 15 is 0 Å². The number of anilines is 1. The Morgan fingerprint density at radius 3 is 2.93 bits per heavy atom. The van der Waals surface area contributed by atoms with Crippen molar-refractivity contribution < 1.29 is 4.39 Å². The van der Waals surface area contributed by atoms with Crippen LogP contribution in [0.3, 0.4) is 0 Å². The van der Waals surface area contributed by atoms with Gasteiger partial charge in [0.05, 0.1) is 6.54 Å². The molecule has 2 atom stereocenters. The summed E-state index contributed by atoms with van der Waals surface area (Å²) in [4.78, 5) is 13.5. The Balaban J connectivity index is 0.00000280. The lowest BCUT2D eigenvalue weighted by Crippen LogP contribution is -2.45. The lowest BCUT2D eigenvalue weighted by Gasteiger charge is -2.32. The molecule has 3 rings (SSSR count). The van der Waals surface area contributed by atoms with Gasteiger partial charge in [-0.15, -0.1) is 24.0 Å². The SMILES string of the molecule is CCNC(=NCCN1CCCCC1C)NC1CCN(c2ncccc2F)C1.I. The highest BCUT2D eigenvalue weighted by Gasteiger charge is 2.26. The van der Waals surface area contributed by atoms with Crippen LogP contribution < -0.4 is 15.5 Å². The summed E-state index contributed by atoms with van der Waals surface area (Å²) in [5, 5.41) is 6.85. The molecule has 0 spiro atoms. The molecule has 1 aromatic heterocycles. The van der Waals surface area contributed by atoms with Gasteiger partial charge in [-0.05, 0) is 51.8 Å². The van der Waals surface area contributed by atoms with Crippen molar-refractivity contribution in [2.24, 2.45) is 4.99 Å². The molecule has 158 valence electrons. The highest BCUT2D eigenvalue weighted by molar-refractivity contribution is 14.0. The Hall–Kier alpha value is -1.16. The fraction of sp³-hybridized carbons (Fsp3) is 0.700. The number of nitrogens with one attached hydrogen (secondary N) is 2. The number of nitrogens with zero attached hydrogens (tertiary/aromatic N) is 4. The molecule has 2 unspecified atom stereocenters. The minimum Gasteiger partial charge on any atom is -0.357 e. The van der Waals surface area contributed by atoms with E-state index in [0.29, 0.717) is 11.9 Å². The Morgan fingerprint density at radius 2 is 2.18 bits per heavy atom. The number of piperidine rings is 1. The topological polar surface area (TPSA) is 55.8 Å². The molecule has 2 aliphatic heterocycles. The van der Waals surface area contributed by atoms with Crippen LogP contribution in [-0.2, 0) is 0 Å². The first kappa shape index (κ1) is 23.1. The van der Waals surface area contributed by atoms with Gasteiger partial charge >= 0.3 is 0 Å². The van der Waals surface area contributed by atoms with Crippen LogP contribution in [0.5, 0.6) is 0 Å². The second-order valence-electron chi connectivity index (χ2n) is 7.53. The minimum atomic E-state index is -0.255. The first-order valence-corrected chi connectivity index (χ1v) is 10.3. The van der Waals surface area contributed by atoms with Gasteiger partial charge in [0.1, 0.15) is 0 Å². The number of aromatic nitrogens is 1. The number of rotatable bonds is 6. The van der Waals surface area contributed by atoms with Crippen molar-refractivity contribution in [3.05, 3.63) is 24.1 Å². The first-order chi connectivity index (χ1) is 13.2. The zero-order valence-corrected chi connectivity index (χ0v) is 19.4. The standard InChI is InChI=1S/C20H33FN6.HI/c1-3-22-20(24-11-14-26-12-5-4-7-16(26)2)25-17-9-13-27(15-17)19-18(21)8-6-10-23-19;/h6,8,10,16-17H,3-5,7,9,11-15H2,1-2H3,(H2,22,24,25);1H. The molecule has 0 bridgehead atoms. The summed E-state index contributed by atoms with van der Waals surface area (Å²) in [6.45, 7) is 9.76. The molecule has 3 heterocycles. The summed E-state index contributed by atoms with van der Waals surface area (Å²) >= 11 is 0. The van der Waals surface area contributed by atoms with Crippen LogP contribution in [0.4, 0.5) is 10.2 Å². The van der Waals surface area contributed by atoms with Gasteiger partial charge in [-0.1, -0.05) is 6.42 Å². The van der Waals surface area contributed by atoms with Crippen molar-refractivity contribution in [1.82, 2.24) is 20.5 Å². The molecule has 1 aromatic rings. The van der Waals surface area contributed by atoms with Crippen molar-refractivity contribution in [2.75, 3.05) is 44.2 Å². The summed E-state index contributed by atoms with van der Waals surface area (Å²) in [5.74, 6) is 1.05. The Morgan fingerprint density at radius 1 is 1.32 bits per heavy atom. The van der Waals surface area contributed by atoms with E-state index in [1.54, 1.807) is 12.3 Å². The number of halogens is 2. The Bertz CT molecular complexity index is 628. The third kappa shape index (κ3) is 6.43. The largest absolute Gasteiger partial charge is 0.357 e. The van der Waals surface area contributed by atoms with E-state index in [4.69, 9.17) is 4.99 Å². The summed E-state index contributed by atoms with van der Waals surface area (Å²) in [6, 6.07) is 4.01.